The number of hydrogen-bond acceptors (Lipinski definition) is 4. The second-order valence-corrected chi connectivity index (χ2v) is 14.9. The van der Waals surface area contributed by atoms with Crippen LogP contribution in [0.2, 0.25) is 0 Å². The minimum Gasteiger partial charge on any atom is -0.462 e. The molecule has 0 aliphatic carbocycles. The Morgan fingerprint density at radius 2 is 0.640 bits per heavy atom. The molecule has 0 atom stereocenters. The number of fused-ring (bicyclic) bond motifs is 1. The molecule has 2 aromatic carbocycles. The summed E-state index contributed by atoms with van der Waals surface area (Å²) in [6.07, 6.45) is 39.4. The lowest BCUT2D eigenvalue weighted by Crippen LogP contribution is -2.11. The van der Waals surface area contributed by atoms with Crippen molar-refractivity contribution in [2.75, 3.05) is 13.2 Å². The first-order valence-electron chi connectivity index (χ1n) is 21.5. The Hall–Kier alpha value is -2.36. The zero-order valence-corrected chi connectivity index (χ0v) is 32.7. The second-order valence-electron chi connectivity index (χ2n) is 14.9. The van der Waals surface area contributed by atoms with Crippen molar-refractivity contribution >= 4 is 22.7 Å². The van der Waals surface area contributed by atoms with Crippen LogP contribution in [0, 0.1) is 0 Å². The van der Waals surface area contributed by atoms with Crippen LogP contribution in [0.3, 0.4) is 0 Å². The third-order valence-corrected chi connectivity index (χ3v) is 10.3. The number of benzene rings is 2. The molecule has 0 saturated heterocycles. The van der Waals surface area contributed by atoms with Crippen LogP contribution in [0.25, 0.3) is 10.8 Å². The molecule has 0 aromatic heterocycles. The molecule has 0 aliphatic heterocycles. The predicted molar refractivity (Wildman–Crippen MR) is 214 cm³/mol. The Kier molecular flexibility index (Phi) is 27.5. The Bertz CT molecular complexity index is 1100. The van der Waals surface area contributed by atoms with Crippen LogP contribution >= 0.6 is 0 Å². The van der Waals surface area contributed by atoms with E-state index in [1.54, 1.807) is 12.1 Å². The molecular formula is C46H76O4. The molecule has 2 rings (SSSR count). The standard InChI is InChI=1S/C46H76O4/c1-3-5-7-9-11-13-14-15-16-17-18-19-20-21-22-23-24-25-26-28-30-32-40-50-46(48)43-38-34-36-41-35-33-37-42(44(41)43)45(47)49-39-31-29-27-12-10-8-6-4-2/h33-38H,3-32,39-40H2,1-2H3. The number of unbranched alkanes of at least 4 members (excludes halogenated alkanes) is 28. The molecule has 0 unspecified atom stereocenters. The maximum absolute atomic E-state index is 13.1. The Morgan fingerprint density at radius 3 is 0.920 bits per heavy atom. The highest BCUT2D eigenvalue weighted by Crippen LogP contribution is 2.25. The van der Waals surface area contributed by atoms with Crippen LogP contribution in [0.4, 0.5) is 0 Å². The zero-order valence-electron chi connectivity index (χ0n) is 32.7. The van der Waals surface area contributed by atoms with E-state index in [2.05, 4.69) is 13.8 Å². The molecule has 0 amide bonds. The number of esters is 2. The van der Waals surface area contributed by atoms with Crippen LogP contribution in [0.5, 0.6) is 0 Å². The van der Waals surface area contributed by atoms with E-state index in [0.29, 0.717) is 29.7 Å². The van der Waals surface area contributed by atoms with Crippen molar-refractivity contribution in [1.29, 1.82) is 0 Å². The van der Waals surface area contributed by atoms with Crippen molar-refractivity contribution in [2.24, 2.45) is 0 Å². The van der Waals surface area contributed by atoms with Crippen molar-refractivity contribution in [3.63, 3.8) is 0 Å². The molecule has 0 saturated carbocycles. The summed E-state index contributed by atoms with van der Waals surface area (Å²) < 4.78 is 11.3. The van der Waals surface area contributed by atoms with Crippen LogP contribution < -0.4 is 0 Å². The molecule has 50 heavy (non-hydrogen) atoms. The summed E-state index contributed by atoms with van der Waals surface area (Å²) in [5.41, 5.74) is 0.889. The van der Waals surface area contributed by atoms with Gasteiger partial charge < -0.3 is 9.47 Å². The van der Waals surface area contributed by atoms with Gasteiger partial charge in [-0.1, -0.05) is 218 Å². The topological polar surface area (TPSA) is 52.6 Å². The van der Waals surface area contributed by atoms with Crippen LogP contribution in [-0.2, 0) is 9.47 Å². The first-order chi connectivity index (χ1) is 24.7. The zero-order chi connectivity index (χ0) is 35.7. The summed E-state index contributed by atoms with van der Waals surface area (Å²) in [6.45, 7) is 5.36. The molecule has 0 bridgehead atoms. The van der Waals surface area contributed by atoms with Gasteiger partial charge in [-0.25, -0.2) is 9.59 Å². The van der Waals surface area contributed by atoms with Crippen molar-refractivity contribution in [3.05, 3.63) is 47.5 Å². The smallest absolute Gasteiger partial charge is 0.338 e. The van der Waals surface area contributed by atoms with Gasteiger partial charge in [0.05, 0.1) is 24.3 Å². The maximum Gasteiger partial charge on any atom is 0.338 e. The van der Waals surface area contributed by atoms with Crippen molar-refractivity contribution in [3.8, 4) is 0 Å². The van der Waals surface area contributed by atoms with E-state index in [9.17, 15) is 9.59 Å². The monoisotopic (exact) mass is 693 g/mol. The SMILES string of the molecule is CCCCCCCCCCCCCCCCCCCCCCCCOC(=O)c1cccc2cccc(C(=O)OCCCCCCCCCC)c12. The molecule has 4 nitrogen and oxygen atoms in total. The fourth-order valence-electron chi connectivity index (χ4n) is 7.11. The van der Waals surface area contributed by atoms with Crippen LogP contribution in [0.1, 0.15) is 227 Å². The van der Waals surface area contributed by atoms with E-state index in [1.807, 2.05) is 24.3 Å². The van der Waals surface area contributed by atoms with E-state index in [-0.39, 0.29) is 11.9 Å². The largest absolute Gasteiger partial charge is 0.462 e. The molecule has 0 heterocycles. The van der Waals surface area contributed by atoms with Crippen molar-refractivity contribution in [2.45, 2.75) is 206 Å². The van der Waals surface area contributed by atoms with E-state index in [0.717, 1.165) is 31.1 Å². The Morgan fingerprint density at radius 1 is 0.380 bits per heavy atom. The summed E-state index contributed by atoms with van der Waals surface area (Å²) in [4.78, 5) is 26.1. The number of rotatable bonds is 34. The van der Waals surface area contributed by atoms with Gasteiger partial charge in [-0.3, -0.25) is 0 Å². The molecule has 0 spiro atoms. The lowest BCUT2D eigenvalue weighted by Gasteiger charge is -2.12. The minimum absolute atomic E-state index is 0.359. The lowest BCUT2D eigenvalue weighted by atomic mass is 9.99. The van der Waals surface area contributed by atoms with Crippen LogP contribution in [0.15, 0.2) is 36.4 Å². The van der Waals surface area contributed by atoms with Gasteiger partial charge in [0.1, 0.15) is 0 Å². The maximum atomic E-state index is 13.1. The first-order valence-corrected chi connectivity index (χ1v) is 21.5. The Labute approximate surface area is 308 Å². The molecule has 284 valence electrons. The number of carbonyl (C=O) groups is 2. The normalized spacial score (nSPS) is 11.3. The summed E-state index contributed by atoms with van der Waals surface area (Å²) in [7, 11) is 0. The predicted octanol–water partition coefficient (Wildman–Crippen LogP) is 14.9. The highest BCUT2D eigenvalue weighted by Gasteiger charge is 2.19. The molecular weight excluding hydrogens is 617 g/mol. The Balaban J connectivity index is 1.49. The number of carbonyl (C=O) groups excluding carboxylic acids is 2. The molecule has 4 heteroatoms. The van der Waals surface area contributed by atoms with Crippen molar-refractivity contribution < 1.29 is 19.1 Å². The first kappa shape index (κ1) is 43.8. The third-order valence-electron chi connectivity index (χ3n) is 10.3. The highest BCUT2D eigenvalue weighted by molar-refractivity contribution is 6.13. The summed E-state index contributed by atoms with van der Waals surface area (Å²) >= 11 is 0. The van der Waals surface area contributed by atoms with Gasteiger partial charge in [0.2, 0.25) is 0 Å². The van der Waals surface area contributed by atoms with Gasteiger partial charge in [0.15, 0.2) is 0 Å². The summed E-state index contributed by atoms with van der Waals surface area (Å²) in [5, 5.41) is 1.49. The minimum atomic E-state index is -0.363. The number of ether oxygens (including phenoxy) is 2. The van der Waals surface area contributed by atoms with E-state index in [4.69, 9.17) is 9.47 Å². The van der Waals surface area contributed by atoms with E-state index >= 15 is 0 Å². The average molecular weight is 693 g/mol. The van der Waals surface area contributed by atoms with Gasteiger partial charge in [-0.2, -0.15) is 0 Å². The van der Waals surface area contributed by atoms with Crippen molar-refractivity contribution in [1.82, 2.24) is 0 Å². The average Bonchev–Trinajstić information content (AvgIpc) is 3.13. The third kappa shape index (κ3) is 21.1. The highest BCUT2D eigenvalue weighted by atomic mass is 16.5. The lowest BCUT2D eigenvalue weighted by molar-refractivity contribution is 0.0498. The number of hydrogen-bond donors (Lipinski definition) is 0. The van der Waals surface area contributed by atoms with Gasteiger partial charge in [-0.05, 0) is 30.4 Å². The second kappa shape index (κ2) is 31.4. The molecule has 0 radical (unpaired) electrons. The quantitative estimate of drug-likeness (QED) is 0.0541. The van der Waals surface area contributed by atoms with Gasteiger partial charge >= 0.3 is 11.9 Å². The van der Waals surface area contributed by atoms with Gasteiger partial charge in [0, 0.05) is 5.39 Å². The molecule has 0 aliphatic rings. The summed E-state index contributed by atoms with van der Waals surface area (Å²) in [5.74, 6) is -0.721. The fraction of sp³-hybridized carbons (Fsp3) is 0.739. The van der Waals surface area contributed by atoms with Gasteiger partial charge in [0.25, 0.3) is 0 Å². The van der Waals surface area contributed by atoms with Crippen LogP contribution in [-0.4, -0.2) is 25.2 Å². The van der Waals surface area contributed by atoms with E-state index in [1.165, 1.54) is 167 Å². The fourth-order valence-corrected chi connectivity index (χ4v) is 7.11. The summed E-state index contributed by atoms with van der Waals surface area (Å²) in [6, 6.07) is 11.1. The molecule has 0 N–H and O–H groups in total. The van der Waals surface area contributed by atoms with E-state index < -0.39 is 0 Å². The molecule has 2 aromatic rings. The van der Waals surface area contributed by atoms with Gasteiger partial charge in [-0.15, -0.1) is 0 Å². The molecule has 0 fully saturated rings.